The van der Waals surface area contributed by atoms with Crippen LogP contribution in [0.3, 0.4) is 0 Å². The van der Waals surface area contributed by atoms with Gasteiger partial charge in [0.25, 0.3) is 0 Å². The van der Waals surface area contributed by atoms with Crippen molar-refractivity contribution in [3.8, 4) is 44.5 Å². The van der Waals surface area contributed by atoms with Gasteiger partial charge in [-0.25, -0.2) is 0 Å². The number of nitrogens with zero attached hydrogens (tertiary/aromatic N) is 1. The Hall–Kier alpha value is -7.72. The highest BCUT2D eigenvalue weighted by Gasteiger charge is 2.21. The van der Waals surface area contributed by atoms with Crippen LogP contribution in [0.2, 0.25) is 0 Å². The van der Waals surface area contributed by atoms with Gasteiger partial charge in [0.05, 0.1) is 5.69 Å². The van der Waals surface area contributed by atoms with Crippen molar-refractivity contribution < 1.29 is 4.42 Å². The monoisotopic (exact) mass is 795 g/mol. The molecule has 10 aromatic carbocycles. The van der Waals surface area contributed by atoms with E-state index in [1.54, 1.807) is 0 Å². The van der Waals surface area contributed by atoms with Crippen LogP contribution >= 0.6 is 11.3 Å². The van der Waals surface area contributed by atoms with Crippen molar-refractivity contribution in [3.05, 3.63) is 224 Å². The van der Waals surface area contributed by atoms with Crippen molar-refractivity contribution in [2.45, 2.75) is 0 Å². The van der Waals surface area contributed by atoms with E-state index in [2.05, 4.69) is 223 Å². The van der Waals surface area contributed by atoms with E-state index < -0.39 is 0 Å². The van der Waals surface area contributed by atoms with Crippen LogP contribution in [0.25, 0.3) is 97.4 Å². The fraction of sp³-hybridized carbons (Fsp3) is 0. The molecule has 2 aromatic heterocycles. The molecule has 286 valence electrons. The first-order chi connectivity index (χ1) is 30.2. The molecule has 0 fully saturated rings. The number of hydrogen-bond acceptors (Lipinski definition) is 3. The molecular weight excluding hydrogens is 759 g/mol. The molecule has 0 N–H and O–H groups in total. The molecule has 0 bridgehead atoms. The van der Waals surface area contributed by atoms with Crippen molar-refractivity contribution >= 4 is 81.3 Å². The van der Waals surface area contributed by atoms with Crippen LogP contribution in [0.1, 0.15) is 0 Å². The second-order valence-electron chi connectivity index (χ2n) is 15.6. The zero-order valence-electron chi connectivity index (χ0n) is 33.1. The summed E-state index contributed by atoms with van der Waals surface area (Å²) in [6.45, 7) is 0. The summed E-state index contributed by atoms with van der Waals surface area (Å²) in [5.74, 6) is 0. The number of benzene rings is 10. The second kappa shape index (κ2) is 14.5. The van der Waals surface area contributed by atoms with Crippen LogP contribution in [-0.4, -0.2) is 0 Å². The molecule has 0 aliphatic rings. The normalized spacial score (nSPS) is 11.6. The summed E-state index contributed by atoms with van der Waals surface area (Å²) in [5, 5.41) is 7.35. The number of para-hydroxylation sites is 3. The molecular formula is C58H37NOS. The predicted octanol–water partition coefficient (Wildman–Crippen LogP) is 17.2. The Kier molecular flexibility index (Phi) is 8.39. The largest absolute Gasteiger partial charge is 0.455 e. The summed E-state index contributed by atoms with van der Waals surface area (Å²) in [5.41, 5.74) is 14.3. The Balaban J connectivity index is 0.983. The molecule has 12 aromatic rings. The minimum atomic E-state index is 0.892. The lowest BCUT2D eigenvalue weighted by Crippen LogP contribution is -2.11. The summed E-state index contributed by atoms with van der Waals surface area (Å²) in [6, 6.07) is 81.2. The van der Waals surface area contributed by atoms with Gasteiger partial charge < -0.3 is 9.32 Å². The molecule has 0 unspecified atom stereocenters. The Morgan fingerprint density at radius 1 is 0.328 bits per heavy atom. The van der Waals surface area contributed by atoms with Crippen LogP contribution < -0.4 is 4.90 Å². The third-order valence-corrected chi connectivity index (χ3v) is 13.2. The van der Waals surface area contributed by atoms with E-state index in [0.29, 0.717) is 0 Å². The molecule has 0 radical (unpaired) electrons. The van der Waals surface area contributed by atoms with Gasteiger partial charge in [-0.05, 0) is 98.8 Å². The van der Waals surface area contributed by atoms with Gasteiger partial charge in [-0.3, -0.25) is 0 Å². The fourth-order valence-corrected chi connectivity index (χ4v) is 10.3. The summed E-state index contributed by atoms with van der Waals surface area (Å²) in [6.07, 6.45) is 0. The van der Waals surface area contributed by atoms with E-state index in [1.807, 2.05) is 17.4 Å². The molecule has 61 heavy (non-hydrogen) atoms. The van der Waals surface area contributed by atoms with E-state index in [1.165, 1.54) is 64.3 Å². The van der Waals surface area contributed by atoms with E-state index in [0.717, 1.165) is 50.1 Å². The maximum Gasteiger partial charge on any atom is 0.143 e. The maximum atomic E-state index is 6.62. The molecule has 2 nitrogen and oxygen atoms in total. The summed E-state index contributed by atoms with van der Waals surface area (Å²) < 4.78 is 9.24. The van der Waals surface area contributed by atoms with Gasteiger partial charge in [-0.2, -0.15) is 0 Å². The molecule has 0 saturated carbocycles. The molecule has 12 rings (SSSR count). The van der Waals surface area contributed by atoms with Crippen LogP contribution in [0.5, 0.6) is 0 Å². The average molecular weight is 796 g/mol. The number of hydrogen-bond donors (Lipinski definition) is 0. The van der Waals surface area contributed by atoms with Gasteiger partial charge >= 0.3 is 0 Å². The molecule has 0 atom stereocenters. The molecule has 0 spiro atoms. The van der Waals surface area contributed by atoms with Crippen molar-refractivity contribution in [1.29, 1.82) is 0 Å². The van der Waals surface area contributed by atoms with Crippen molar-refractivity contribution in [1.82, 2.24) is 0 Å². The summed E-state index contributed by atoms with van der Waals surface area (Å²) >= 11 is 1.86. The second-order valence-corrected chi connectivity index (χ2v) is 16.7. The van der Waals surface area contributed by atoms with Gasteiger partial charge in [-0.1, -0.05) is 170 Å². The van der Waals surface area contributed by atoms with Crippen molar-refractivity contribution in [2.75, 3.05) is 4.90 Å². The fourth-order valence-electron chi connectivity index (χ4n) is 9.12. The smallest absolute Gasteiger partial charge is 0.143 e. The SMILES string of the molecule is c1ccc(-c2ccc3ccccc3c2)c(-c2ccc(N(c3ccc(-c4ccc5c(c4)sc4ccccc45)cc3)c3ccccc3-c3cccc4c3oc3ccccc34)cc2)c1. The van der Waals surface area contributed by atoms with Gasteiger partial charge in [0.2, 0.25) is 0 Å². The highest BCUT2D eigenvalue weighted by molar-refractivity contribution is 7.25. The number of fused-ring (bicyclic) bond motifs is 7. The van der Waals surface area contributed by atoms with E-state index in [-0.39, 0.29) is 0 Å². The lowest BCUT2D eigenvalue weighted by molar-refractivity contribution is 0.670. The first-order valence-electron chi connectivity index (χ1n) is 20.7. The zero-order valence-corrected chi connectivity index (χ0v) is 33.9. The first kappa shape index (κ1) is 35.2. The Morgan fingerprint density at radius 3 is 1.72 bits per heavy atom. The summed E-state index contributed by atoms with van der Waals surface area (Å²) in [7, 11) is 0. The van der Waals surface area contributed by atoms with Crippen LogP contribution in [-0.2, 0) is 0 Å². The average Bonchev–Trinajstić information content (AvgIpc) is 3.90. The molecule has 0 aliphatic carbocycles. The molecule has 2 heterocycles. The third kappa shape index (κ3) is 6.09. The van der Waals surface area contributed by atoms with E-state index in [9.17, 15) is 0 Å². The molecule has 3 heteroatoms. The standard InChI is InChI=1S/C58H37NOS/c1-2-13-41-36-43(25-24-38(41)12-1)47-15-4-3-14-46(47)40-28-33-45(34-29-40)59(44-31-26-39(27-32-44)42-30-35-51-50-18-7-10-23-56(50)61-57(51)37-42)54-21-8-5-16-48(54)52-19-11-20-53-49-17-6-9-22-55(49)60-58(52)53/h1-37H. The maximum absolute atomic E-state index is 6.62. The molecule has 0 amide bonds. The van der Waals surface area contributed by atoms with Crippen LogP contribution in [0.15, 0.2) is 229 Å². The topological polar surface area (TPSA) is 16.4 Å². The number of furan rings is 1. The number of rotatable bonds is 7. The van der Waals surface area contributed by atoms with Crippen molar-refractivity contribution in [2.24, 2.45) is 0 Å². The van der Waals surface area contributed by atoms with Crippen LogP contribution in [0.4, 0.5) is 17.1 Å². The van der Waals surface area contributed by atoms with E-state index in [4.69, 9.17) is 4.42 Å². The highest BCUT2D eigenvalue weighted by atomic mass is 32.1. The Labute approximate surface area is 357 Å². The minimum absolute atomic E-state index is 0.892. The minimum Gasteiger partial charge on any atom is -0.455 e. The quantitative estimate of drug-likeness (QED) is 0.160. The molecule has 0 saturated heterocycles. The van der Waals surface area contributed by atoms with Gasteiger partial charge in [0.15, 0.2) is 0 Å². The zero-order chi connectivity index (χ0) is 40.3. The van der Waals surface area contributed by atoms with Gasteiger partial charge in [0, 0.05) is 53.4 Å². The lowest BCUT2D eigenvalue weighted by atomic mass is 9.93. The number of anilines is 3. The van der Waals surface area contributed by atoms with Crippen molar-refractivity contribution in [3.63, 3.8) is 0 Å². The van der Waals surface area contributed by atoms with Gasteiger partial charge in [-0.15, -0.1) is 11.3 Å². The number of thiophene rings is 1. The first-order valence-corrected chi connectivity index (χ1v) is 21.6. The predicted molar refractivity (Wildman–Crippen MR) is 261 cm³/mol. The van der Waals surface area contributed by atoms with Gasteiger partial charge in [0.1, 0.15) is 11.2 Å². The third-order valence-electron chi connectivity index (χ3n) is 12.1. The summed E-state index contributed by atoms with van der Waals surface area (Å²) in [4.78, 5) is 2.38. The Bertz CT molecular complexity index is 3590. The lowest BCUT2D eigenvalue weighted by Gasteiger charge is -2.28. The Morgan fingerprint density at radius 2 is 0.902 bits per heavy atom. The van der Waals surface area contributed by atoms with E-state index >= 15 is 0 Å². The van der Waals surface area contributed by atoms with Crippen LogP contribution in [0, 0.1) is 0 Å². The highest BCUT2D eigenvalue weighted by Crippen LogP contribution is 2.45. The molecule has 0 aliphatic heterocycles.